The Labute approximate surface area is 230 Å². The highest BCUT2D eigenvalue weighted by Crippen LogP contribution is 2.41. The molecule has 0 fully saturated rings. The average molecular weight is 514 g/mol. The number of rotatable bonds is 4. The van der Waals surface area contributed by atoms with E-state index in [1.165, 1.54) is 0 Å². The van der Waals surface area contributed by atoms with Crippen molar-refractivity contribution in [2.45, 2.75) is 0 Å². The summed E-state index contributed by atoms with van der Waals surface area (Å²) in [6.07, 6.45) is 7.44. The van der Waals surface area contributed by atoms with Crippen molar-refractivity contribution in [2.75, 3.05) is 0 Å². The molecule has 0 radical (unpaired) electrons. The first kappa shape index (κ1) is 22.5. The number of pyridine rings is 2. The third-order valence-corrected chi connectivity index (χ3v) is 7.54. The smallest absolute Gasteiger partial charge is 0.144 e. The van der Waals surface area contributed by atoms with Gasteiger partial charge in [0.1, 0.15) is 11.3 Å². The van der Waals surface area contributed by atoms with E-state index in [-0.39, 0.29) is 0 Å². The van der Waals surface area contributed by atoms with E-state index < -0.39 is 0 Å². The Kier molecular flexibility index (Phi) is 5.10. The van der Waals surface area contributed by atoms with Gasteiger partial charge < -0.3 is 8.98 Å². The maximum Gasteiger partial charge on any atom is 0.144 e. The van der Waals surface area contributed by atoms with Gasteiger partial charge in [-0.2, -0.15) is 0 Å². The summed E-state index contributed by atoms with van der Waals surface area (Å²) in [5.74, 6) is 0.873. The number of hydrogen-bond donors (Lipinski definition) is 0. The Morgan fingerprint density at radius 1 is 0.525 bits per heavy atom. The lowest BCUT2D eigenvalue weighted by atomic mass is 9.99. The predicted molar refractivity (Wildman–Crippen MR) is 162 cm³/mol. The van der Waals surface area contributed by atoms with E-state index in [0.29, 0.717) is 0 Å². The van der Waals surface area contributed by atoms with Gasteiger partial charge in [0.15, 0.2) is 0 Å². The van der Waals surface area contributed by atoms with E-state index in [1.54, 1.807) is 12.4 Å². The van der Waals surface area contributed by atoms with Gasteiger partial charge >= 0.3 is 0 Å². The van der Waals surface area contributed by atoms with E-state index >= 15 is 0 Å². The van der Waals surface area contributed by atoms with Crippen LogP contribution in [0.15, 0.2) is 144 Å². The molecule has 40 heavy (non-hydrogen) atoms. The van der Waals surface area contributed by atoms with Gasteiger partial charge in [0.2, 0.25) is 0 Å². The van der Waals surface area contributed by atoms with Crippen molar-refractivity contribution >= 4 is 32.8 Å². The molecule has 0 bridgehead atoms. The van der Waals surface area contributed by atoms with Gasteiger partial charge in [0.25, 0.3) is 0 Å². The van der Waals surface area contributed by atoms with E-state index in [0.717, 1.165) is 72.0 Å². The highest BCUT2D eigenvalue weighted by atomic mass is 16.3. The summed E-state index contributed by atoms with van der Waals surface area (Å²) in [5.41, 5.74) is 9.60. The molecular formula is C36H23N3O. The molecule has 4 heterocycles. The third kappa shape index (κ3) is 3.62. The van der Waals surface area contributed by atoms with Crippen LogP contribution in [0.1, 0.15) is 0 Å². The molecule has 8 rings (SSSR count). The van der Waals surface area contributed by atoms with E-state index in [1.807, 2.05) is 42.7 Å². The normalized spacial score (nSPS) is 11.5. The Bertz CT molecular complexity index is 2090. The fourth-order valence-electron chi connectivity index (χ4n) is 5.71. The summed E-state index contributed by atoms with van der Waals surface area (Å²) >= 11 is 0. The lowest BCUT2D eigenvalue weighted by Crippen LogP contribution is -1.96. The first-order chi connectivity index (χ1) is 19.8. The van der Waals surface area contributed by atoms with Gasteiger partial charge in [0, 0.05) is 57.9 Å². The van der Waals surface area contributed by atoms with Crippen molar-refractivity contribution in [3.8, 4) is 39.3 Å². The van der Waals surface area contributed by atoms with Gasteiger partial charge in [-0.15, -0.1) is 0 Å². The SMILES string of the molecule is c1ccc(-c2cc3ccc4c(c5ccccc5n4-c4cc(-c5cccnc5)cc(-c5cccnc5)c4)c3o2)cc1. The van der Waals surface area contributed by atoms with Crippen molar-refractivity contribution in [1.29, 1.82) is 0 Å². The second kappa shape index (κ2) is 9.07. The van der Waals surface area contributed by atoms with Crippen LogP contribution in [-0.2, 0) is 0 Å². The molecule has 4 nitrogen and oxygen atoms in total. The fraction of sp³-hybridized carbons (Fsp3) is 0. The minimum atomic E-state index is 0.873. The standard InChI is InChI=1S/C36H23N3O/c1-2-8-24(9-3-1)34-21-25-14-15-33-35(36(25)40-34)31-12-4-5-13-32(31)39(33)30-19-28(26-10-6-16-37-22-26)18-29(20-30)27-11-7-17-38-23-27/h1-23H. The van der Waals surface area contributed by atoms with Crippen LogP contribution in [0.4, 0.5) is 0 Å². The van der Waals surface area contributed by atoms with Crippen LogP contribution < -0.4 is 0 Å². The Morgan fingerprint density at radius 2 is 1.20 bits per heavy atom. The molecule has 0 spiro atoms. The summed E-state index contributed by atoms with van der Waals surface area (Å²) in [5, 5.41) is 3.37. The van der Waals surface area contributed by atoms with Crippen LogP contribution in [0.5, 0.6) is 0 Å². The molecule has 8 aromatic rings. The van der Waals surface area contributed by atoms with Crippen LogP contribution in [0.2, 0.25) is 0 Å². The first-order valence-corrected chi connectivity index (χ1v) is 13.3. The maximum absolute atomic E-state index is 6.58. The molecule has 4 aromatic carbocycles. The van der Waals surface area contributed by atoms with E-state index in [2.05, 4.69) is 99.5 Å². The molecule has 4 heteroatoms. The lowest BCUT2D eigenvalue weighted by Gasteiger charge is -2.13. The molecule has 4 aromatic heterocycles. The number of nitrogens with zero attached hydrogens (tertiary/aromatic N) is 3. The van der Waals surface area contributed by atoms with Crippen LogP contribution in [0.3, 0.4) is 0 Å². The minimum Gasteiger partial charge on any atom is -0.455 e. The first-order valence-electron chi connectivity index (χ1n) is 13.3. The molecule has 0 aliphatic carbocycles. The zero-order chi connectivity index (χ0) is 26.5. The lowest BCUT2D eigenvalue weighted by molar-refractivity contribution is 0.635. The average Bonchev–Trinajstić information content (AvgIpc) is 3.62. The van der Waals surface area contributed by atoms with Gasteiger partial charge in [0.05, 0.1) is 16.4 Å². The summed E-state index contributed by atoms with van der Waals surface area (Å²) < 4.78 is 8.92. The van der Waals surface area contributed by atoms with Crippen molar-refractivity contribution in [1.82, 2.24) is 14.5 Å². The number of para-hydroxylation sites is 1. The molecule has 0 saturated heterocycles. The Balaban J connectivity index is 1.43. The summed E-state index contributed by atoms with van der Waals surface area (Å²) in [6.45, 7) is 0. The second-order valence-corrected chi connectivity index (χ2v) is 9.96. The summed E-state index contributed by atoms with van der Waals surface area (Å²) in [6, 6.07) is 40.2. The molecule has 0 N–H and O–H groups in total. The van der Waals surface area contributed by atoms with Crippen molar-refractivity contribution in [2.24, 2.45) is 0 Å². The third-order valence-electron chi connectivity index (χ3n) is 7.54. The molecular weight excluding hydrogens is 490 g/mol. The number of furan rings is 1. The van der Waals surface area contributed by atoms with E-state index in [4.69, 9.17) is 4.42 Å². The van der Waals surface area contributed by atoms with Crippen molar-refractivity contribution in [3.63, 3.8) is 0 Å². The van der Waals surface area contributed by atoms with Gasteiger partial charge in [-0.1, -0.05) is 60.7 Å². The number of fused-ring (bicyclic) bond motifs is 5. The molecule has 0 atom stereocenters. The monoisotopic (exact) mass is 513 g/mol. The molecule has 0 aliphatic heterocycles. The van der Waals surface area contributed by atoms with Crippen LogP contribution in [0.25, 0.3) is 72.0 Å². The number of benzene rings is 4. The molecule has 0 aliphatic rings. The van der Waals surface area contributed by atoms with Crippen LogP contribution >= 0.6 is 0 Å². The minimum absolute atomic E-state index is 0.873. The van der Waals surface area contributed by atoms with Gasteiger partial charge in [-0.05, 0) is 65.7 Å². The molecule has 0 unspecified atom stereocenters. The zero-order valence-corrected chi connectivity index (χ0v) is 21.5. The quantitative estimate of drug-likeness (QED) is 0.235. The van der Waals surface area contributed by atoms with Crippen molar-refractivity contribution in [3.05, 3.63) is 140 Å². The Hall–Kier alpha value is -5.48. The van der Waals surface area contributed by atoms with Gasteiger partial charge in [-0.3, -0.25) is 9.97 Å². The topological polar surface area (TPSA) is 43.9 Å². The van der Waals surface area contributed by atoms with E-state index in [9.17, 15) is 0 Å². The molecule has 0 amide bonds. The largest absolute Gasteiger partial charge is 0.455 e. The predicted octanol–water partition coefficient (Wildman–Crippen LogP) is 9.32. The highest BCUT2D eigenvalue weighted by molar-refractivity contribution is 6.20. The number of aromatic nitrogens is 3. The fourth-order valence-corrected chi connectivity index (χ4v) is 5.71. The van der Waals surface area contributed by atoms with Crippen LogP contribution in [0, 0.1) is 0 Å². The summed E-state index contributed by atoms with van der Waals surface area (Å²) in [4.78, 5) is 8.77. The molecule has 0 saturated carbocycles. The van der Waals surface area contributed by atoms with Crippen molar-refractivity contribution < 1.29 is 4.42 Å². The molecule has 188 valence electrons. The van der Waals surface area contributed by atoms with Crippen LogP contribution in [-0.4, -0.2) is 14.5 Å². The highest BCUT2D eigenvalue weighted by Gasteiger charge is 2.19. The Morgan fingerprint density at radius 3 is 1.90 bits per heavy atom. The number of hydrogen-bond acceptors (Lipinski definition) is 3. The summed E-state index contributed by atoms with van der Waals surface area (Å²) in [7, 11) is 0. The second-order valence-electron chi connectivity index (χ2n) is 9.96. The maximum atomic E-state index is 6.58. The zero-order valence-electron chi connectivity index (χ0n) is 21.5. The van der Waals surface area contributed by atoms with Gasteiger partial charge in [-0.25, -0.2) is 0 Å².